The average molecular weight is 332 g/mol. The molecule has 2 rings (SSSR count). The topological polar surface area (TPSA) is 41.5 Å². The summed E-state index contributed by atoms with van der Waals surface area (Å²) in [5, 5.41) is 0. The quantitative estimate of drug-likeness (QED) is 0.336. The SMILES string of the molecule is [Na+].[O-][P+](Oc1ccccc1)(Oc1ccccc1)C(=S)[S-]. The van der Waals surface area contributed by atoms with Gasteiger partial charge in [0.15, 0.2) is 11.5 Å². The Bertz CT molecular complexity index is 513. The molecule has 98 valence electrons. The van der Waals surface area contributed by atoms with Crippen molar-refractivity contribution in [1.29, 1.82) is 0 Å². The molecule has 0 aliphatic rings. The molecule has 3 nitrogen and oxygen atoms in total. The molecule has 0 saturated heterocycles. The summed E-state index contributed by atoms with van der Waals surface area (Å²) in [6.07, 6.45) is 0. The Morgan fingerprint density at radius 3 is 1.55 bits per heavy atom. The third-order valence-electron chi connectivity index (χ3n) is 2.16. The summed E-state index contributed by atoms with van der Waals surface area (Å²) in [6, 6.07) is 17.3. The van der Waals surface area contributed by atoms with Gasteiger partial charge in [-0.2, -0.15) is 0 Å². The van der Waals surface area contributed by atoms with Crippen LogP contribution in [0.25, 0.3) is 0 Å². The smallest absolute Gasteiger partial charge is 0.613 e. The van der Waals surface area contributed by atoms with Gasteiger partial charge >= 0.3 is 37.5 Å². The van der Waals surface area contributed by atoms with Gasteiger partial charge in [-0.1, -0.05) is 36.4 Å². The summed E-state index contributed by atoms with van der Waals surface area (Å²) in [6.45, 7) is 0. The van der Waals surface area contributed by atoms with Gasteiger partial charge < -0.3 is 38.8 Å². The maximum atomic E-state index is 12.6. The molecule has 0 radical (unpaired) electrons. The Morgan fingerprint density at radius 1 is 0.900 bits per heavy atom. The largest absolute Gasteiger partial charge is 1.00 e. The van der Waals surface area contributed by atoms with Crippen molar-refractivity contribution in [3.05, 3.63) is 60.7 Å². The summed E-state index contributed by atoms with van der Waals surface area (Å²) >= 11 is 9.66. The van der Waals surface area contributed by atoms with Crippen LogP contribution in [0, 0.1) is 0 Å². The first kappa shape index (κ1) is 17.8. The maximum absolute atomic E-state index is 12.6. The molecule has 20 heavy (non-hydrogen) atoms. The summed E-state index contributed by atoms with van der Waals surface area (Å²) in [5.41, 5.74) is 0. The van der Waals surface area contributed by atoms with Gasteiger partial charge in [0, 0.05) is 0 Å². The second-order valence-corrected chi connectivity index (χ2v) is 7.06. The van der Waals surface area contributed by atoms with Crippen LogP contribution in [0.2, 0.25) is 0 Å². The van der Waals surface area contributed by atoms with Gasteiger partial charge in [0.2, 0.25) is 0 Å². The molecule has 0 amide bonds. The van der Waals surface area contributed by atoms with Crippen LogP contribution >= 0.6 is 20.2 Å². The van der Waals surface area contributed by atoms with Crippen LogP contribution in [0.4, 0.5) is 0 Å². The fourth-order valence-electron chi connectivity index (χ4n) is 1.33. The van der Waals surface area contributed by atoms with Crippen LogP contribution in [0.1, 0.15) is 0 Å². The second-order valence-electron chi connectivity index (χ2n) is 3.57. The minimum absolute atomic E-state index is 0. The zero-order valence-electron chi connectivity index (χ0n) is 10.8. The summed E-state index contributed by atoms with van der Waals surface area (Å²) < 4.78 is 10.5. The Balaban J connectivity index is 0.00000200. The molecule has 2 aromatic rings. The van der Waals surface area contributed by atoms with Gasteiger partial charge in [-0.25, -0.2) is 0 Å². The van der Waals surface area contributed by atoms with Gasteiger partial charge in [0.25, 0.3) is 0 Å². The summed E-state index contributed by atoms with van der Waals surface area (Å²) in [7, 11) is -3.69. The monoisotopic (exact) mass is 332 g/mol. The van der Waals surface area contributed by atoms with E-state index in [1.165, 1.54) is 0 Å². The van der Waals surface area contributed by atoms with E-state index in [2.05, 4.69) is 0 Å². The van der Waals surface area contributed by atoms with Crippen LogP contribution in [-0.2, 0) is 12.6 Å². The molecule has 0 N–H and O–H groups in total. The van der Waals surface area contributed by atoms with Crippen LogP contribution in [-0.4, -0.2) is 3.94 Å². The van der Waals surface area contributed by atoms with Crippen molar-refractivity contribution in [3.8, 4) is 11.5 Å². The molecule has 0 fully saturated rings. The van der Waals surface area contributed by atoms with Crippen LogP contribution in [0.5, 0.6) is 11.5 Å². The van der Waals surface area contributed by atoms with Crippen molar-refractivity contribution < 1.29 is 43.5 Å². The van der Waals surface area contributed by atoms with Gasteiger partial charge in [0.05, 0.1) is 3.94 Å². The molecule has 0 unspecified atom stereocenters. The number of benzene rings is 2. The minimum Gasteiger partial charge on any atom is -0.613 e. The zero-order valence-corrected chi connectivity index (χ0v) is 15.3. The van der Waals surface area contributed by atoms with Crippen molar-refractivity contribution in [3.63, 3.8) is 0 Å². The first-order valence-corrected chi connectivity index (χ1v) is 7.77. The van der Waals surface area contributed by atoms with E-state index in [1.54, 1.807) is 48.5 Å². The van der Waals surface area contributed by atoms with Crippen molar-refractivity contribution in [2.45, 2.75) is 0 Å². The second kappa shape index (κ2) is 8.25. The third kappa shape index (κ3) is 4.93. The van der Waals surface area contributed by atoms with Gasteiger partial charge in [-0.05, 0) is 24.3 Å². The fourth-order valence-corrected chi connectivity index (χ4v) is 2.77. The molecule has 0 aliphatic heterocycles. The van der Waals surface area contributed by atoms with E-state index in [0.717, 1.165) is 0 Å². The molecule has 0 aliphatic carbocycles. The molecular formula is C13H10NaO3PS2. The standard InChI is InChI=1S/C13H11O3PS2.Na/c14-17(13(18)19,15-11-7-3-1-4-8-11)16-12-9-5-2-6-10-12;/h1-10H,(H,18,19);/q;+1/p-1. The van der Waals surface area contributed by atoms with Gasteiger partial charge in [-0.3, -0.25) is 0 Å². The first-order valence-electron chi connectivity index (χ1n) is 5.41. The van der Waals surface area contributed by atoms with Crippen LogP contribution < -0.4 is 43.5 Å². The molecule has 7 heteroatoms. The predicted octanol–water partition coefficient (Wildman–Crippen LogP) is 0.103. The fraction of sp³-hybridized carbons (Fsp3) is 0. The average Bonchev–Trinajstić information content (AvgIpc) is 2.40. The number of para-hydroxylation sites is 2. The molecule has 0 saturated carbocycles. The zero-order chi connectivity index (χ0) is 13.7. The van der Waals surface area contributed by atoms with Crippen LogP contribution in [0.3, 0.4) is 0 Å². The molecule has 2 aromatic carbocycles. The molecule has 0 bridgehead atoms. The molecule has 0 spiro atoms. The van der Waals surface area contributed by atoms with E-state index in [-0.39, 0.29) is 33.5 Å². The number of hydrogen-bond donors (Lipinski definition) is 0. The molecule has 0 heterocycles. The normalized spacial score (nSPS) is 10.2. The van der Waals surface area contributed by atoms with E-state index in [9.17, 15) is 4.89 Å². The minimum atomic E-state index is -3.69. The Labute approximate surface area is 151 Å². The maximum Gasteiger partial charge on any atom is 1.00 e. The summed E-state index contributed by atoms with van der Waals surface area (Å²) in [5.74, 6) is 0.794. The van der Waals surface area contributed by atoms with E-state index in [4.69, 9.17) is 33.9 Å². The Hall–Kier alpha value is -0.260. The van der Waals surface area contributed by atoms with E-state index in [0.29, 0.717) is 11.5 Å². The molecular weight excluding hydrogens is 322 g/mol. The number of thiocarbonyl (C=S) groups is 1. The van der Waals surface area contributed by atoms with Crippen molar-refractivity contribution in [2.24, 2.45) is 0 Å². The molecule has 0 aromatic heterocycles. The van der Waals surface area contributed by atoms with Crippen molar-refractivity contribution >= 4 is 36.7 Å². The Kier molecular flexibility index (Phi) is 7.34. The van der Waals surface area contributed by atoms with Crippen LogP contribution in [0.15, 0.2) is 60.7 Å². The van der Waals surface area contributed by atoms with E-state index in [1.807, 2.05) is 12.1 Å². The predicted molar refractivity (Wildman–Crippen MR) is 81.0 cm³/mol. The van der Waals surface area contributed by atoms with E-state index < -0.39 is 7.94 Å². The summed E-state index contributed by atoms with van der Waals surface area (Å²) in [4.78, 5) is 12.6. The number of hydrogen-bond acceptors (Lipinski definition) is 5. The van der Waals surface area contributed by atoms with E-state index >= 15 is 0 Å². The van der Waals surface area contributed by atoms with Crippen molar-refractivity contribution in [2.75, 3.05) is 0 Å². The van der Waals surface area contributed by atoms with Gasteiger partial charge in [-0.15, -0.1) is 0 Å². The van der Waals surface area contributed by atoms with Crippen molar-refractivity contribution in [1.82, 2.24) is 0 Å². The Morgan fingerprint density at radius 2 is 1.25 bits per heavy atom. The van der Waals surface area contributed by atoms with Gasteiger partial charge in [0.1, 0.15) is 0 Å². The first-order chi connectivity index (χ1) is 9.10. The number of rotatable bonds is 5. The third-order valence-corrected chi connectivity index (χ3v) is 4.85. The molecule has 0 atom stereocenters.